The second-order valence-electron chi connectivity index (χ2n) is 6.26. The molecule has 3 aromatic rings. The van der Waals surface area contributed by atoms with E-state index in [2.05, 4.69) is 5.10 Å². The first kappa shape index (κ1) is 18.7. The van der Waals surface area contributed by atoms with Crippen molar-refractivity contribution in [3.05, 3.63) is 64.3 Å². The van der Waals surface area contributed by atoms with Crippen LogP contribution in [-0.4, -0.2) is 27.9 Å². The third-order valence-corrected chi connectivity index (χ3v) is 4.43. The van der Waals surface area contributed by atoms with E-state index < -0.39 is 6.09 Å². The zero-order valence-electron chi connectivity index (χ0n) is 15.1. The van der Waals surface area contributed by atoms with Crippen LogP contribution in [0.2, 0.25) is 5.02 Å². The van der Waals surface area contributed by atoms with Crippen molar-refractivity contribution < 1.29 is 14.7 Å². The molecule has 3 rings (SSSR count). The maximum Gasteiger partial charge on any atom is 0.416 e. The summed E-state index contributed by atoms with van der Waals surface area (Å²) in [5, 5.41) is 16.1. The van der Waals surface area contributed by atoms with E-state index in [1.807, 2.05) is 32.0 Å². The van der Waals surface area contributed by atoms with Crippen molar-refractivity contribution in [3.63, 3.8) is 0 Å². The molecule has 0 aliphatic carbocycles. The maximum absolute atomic E-state index is 12.1. The van der Waals surface area contributed by atoms with Gasteiger partial charge in [0.05, 0.1) is 17.4 Å². The van der Waals surface area contributed by atoms with Crippen molar-refractivity contribution >= 4 is 46.4 Å². The van der Waals surface area contributed by atoms with Gasteiger partial charge in [-0.25, -0.2) is 9.80 Å². The number of anilines is 1. The predicted octanol–water partition coefficient (Wildman–Crippen LogP) is 4.82. The van der Waals surface area contributed by atoms with Crippen molar-refractivity contribution in [1.29, 1.82) is 0 Å². The molecule has 0 saturated carbocycles. The van der Waals surface area contributed by atoms with E-state index in [4.69, 9.17) is 11.6 Å². The van der Waals surface area contributed by atoms with Gasteiger partial charge in [-0.3, -0.25) is 9.36 Å². The number of hydrogen-bond acceptors (Lipinski definition) is 3. The van der Waals surface area contributed by atoms with Crippen molar-refractivity contribution in [3.8, 4) is 0 Å². The molecule has 1 N–H and O–H groups in total. The Hall–Kier alpha value is -3.12. The predicted molar refractivity (Wildman–Crippen MR) is 107 cm³/mol. The number of aryl methyl sites for hydroxylation is 2. The zero-order valence-corrected chi connectivity index (χ0v) is 15.9. The first-order chi connectivity index (χ1) is 12.8. The van der Waals surface area contributed by atoms with E-state index in [0.717, 1.165) is 15.7 Å². The van der Waals surface area contributed by atoms with Gasteiger partial charge in [-0.1, -0.05) is 29.3 Å². The standard InChI is InChI=1S/C20H18ClN3O3/c1-12-4-6-18(13(2)8-12)24(14(3)25)22-10-15-11-23(20(26)27)19-7-5-16(21)9-17(15)19/h4-11H,1-3H3,(H,26,27)/b22-10+. The summed E-state index contributed by atoms with van der Waals surface area (Å²) in [6.07, 6.45) is 1.81. The number of amides is 1. The quantitative estimate of drug-likeness (QED) is 0.520. The van der Waals surface area contributed by atoms with Crippen LogP contribution in [0.1, 0.15) is 23.6 Å². The first-order valence-corrected chi connectivity index (χ1v) is 8.61. The minimum atomic E-state index is -1.11. The molecule has 0 spiro atoms. The van der Waals surface area contributed by atoms with E-state index in [1.54, 1.807) is 18.2 Å². The Kier molecular flexibility index (Phi) is 5.01. The molecule has 0 fully saturated rings. The third-order valence-electron chi connectivity index (χ3n) is 4.19. The Labute approximate surface area is 161 Å². The number of nitrogens with zero attached hydrogens (tertiary/aromatic N) is 3. The molecule has 0 unspecified atom stereocenters. The monoisotopic (exact) mass is 383 g/mol. The maximum atomic E-state index is 12.1. The lowest BCUT2D eigenvalue weighted by Gasteiger charge is -2.17. The molecule has 0 aliphatic rings. The molecule has 0 bridgehead atoms. The molecule has 1 amide bonds. The number of carbonyl (C=O) groups is 2. The third kappa shape index (κ3) is 3.71. The lowest BCUT2D eigenvalue weighted by atomic mass is 10.1. The molecular formula is C20H18ClN3O3. The molecule has 1 heterocycles. The topological polar surface area (TPSA) is 74.9 Å². The van der Waals surface area contributed by atoms with Gasteiger partial charge >= 0.3 is 6.09 Å². The average molecular weight is 384 g/mol. The molecule has 1 aromatic heterocycles. The van der Waals surface area contributed by atoms with Crippen LogP contribution in [0.25, 0.3) is 10.9 Å². The molecule has 27 heavy (non-hydrogen) atoms. The molecule has 6 nitrogen and oxygen atoms in total. The van der Waals surface area contributed by atoms with Crippen molar-refractivity contribution in [2.24, 2.45) is 5.10 Å². The number of hydrazone groups is 1. The highest BCUT2D eigenvalue weighted by Gasteiger charge is 2.15. The molecule has 138 valence electrons. The van der Waals surface area contributed by atoms with Gasteiger partial charge in [0, 0.05) is 29.1 Å². The Morgan fingerprint density at radius 2 is 1.93 bits per heavy atom. The summed E-state index contributed by atoms with van der Waals surface area (Å²) >= 11 is 6.06. The Morgan fingerprint density at radius 3 is 2.56 bits per heavy atom. The van der Waals surface area contributed by atoms with Gasteiger partial charge < -0.3 is 5.11 Å². The highest BCUT2D eigenvalue weighted by molar-refractivity contribution is 6.31. The van der Waals surface area contributed by atoms with Gasteiger partial charge in [0.2, 0.25) is 5.91 Å². The summed E-state index contributed by atoms with van der Waals surface area (Å²) in [5.74, 6) is -0.252. The Bertz CT molecular complexity index is 1090. The van der Waals surface area contributed by atoms with Gasteiger partial charge in [-0.2, -0.15) is 5.10 Å². The number of fused-ring (bicyclic) bond motifs is 1. The van der Waals surface area contributed by atoms with Crippen LogP contribution in [0, 0.1) is 13.8 Å². The molecule has 0 saturated heterocycles. The molecule has 7 heteroatoms. The summed E-state index contributed by atoms with van der Waals surface area (Å²) < 4.78 is 1.10. The summed E-state index contributed by atoms with van der Waals surface area (Å²) in [4.78, 5) is 23.6. The van der Waals surface area contributed by atoms with Gasteiger partial charge in [-0.15, -0.1) is 0 Å². The van der Waals surface area contributed by atoms with Crippen LogP contribution in [-0.2, 0) is 4.79 Å². The van der Waals surface area contributed by atoms with Gasteiger partial charge in [0.25, 0.3) is 0 Å². The number of hydrogen-bond donors (Lipinski definition) is 1. The summed E-state index contributed by atoms with van der Waals surface area (Å²) in [6, 6.07) is 10.6. The van der Waals surface area contributed by atoms with Crippen LogP contribution >= 0.6 is 11.6 Å². The van der Waals surface area contributed by atoms with E-state index in [1.165, 1.54) is 24.3 Å². The van der Waals surface area contributed by atoms with Crippen molar-refractivity contribution in [2.45, 2.75) is 20.8 Å². The average Bonchev–Trinajstić information content (AvgIpc) is 2.94. The summed E-state index contributed by atoms with van der Waals surface area (Å²) in [5.41, 5.74) is 3.71. The number of rotatable bonds is 3. The van der Waals surface area contributed by atoms with E-state index >= 15 is 0 Å². The van der Waals surface area contributed by atoms with E-state index in [0.29, 0.717) is 27.2 Å². The van der Waals surface area contributed by atoms with Crippen LogP contribution in [0.5, 0.6) is 0 Å². The molecule has 2 aromatic carbocycles. The molecule has 0 radical (unpaired) electrons. The van der Waals surface area contributed by atoms with Crippen molar-refractivity contribution in [2.75, 3.05) is 5.01 Å². The lowest BCUT2D eigenvalue weighted by molar-refractivity contribution is -0.116. The van der Waals surface area contributed by atoms with Crippen molar-refractivity contribution in [1.82, 2.24) is 4.57 Å². The fraction of sp³-hybridized carbons (Fsp3) is 0.150. The van der Waals surface area contributed by atoms with Crippen LogP contribution in [0.15, 0.2) is 47.7 Å². The highest BCUT2D eigenvalue weighted by Crippen LogP contribution is 2.25. The number of carbonyl (C=O) groups excluding carboxylic acids is 1. The van der Waals surface area contributed by atoms with E-state index in [-0.39, 0.29) is 5.91 Å². The highest BCUT2D eigenvalue weighted by atomic mass is 35.5. The number of halogens is 1. The van der Waals surface area contributed by atoms with E-state index in [9.17, 15) is 14.7 Å². The zero-order chi connectivity index (χ0) is 19.7. The van der Waals surface area contributed by atoms with Gasteiger partial charge in [-0.05, 0) is 43.7 Å². The minimum absolute atomic E-state index is 0.252. The second kappa shape index (κ2) is 7.25. The smallest absolute Gasteiger partial charge is 0.416 e. The van der Waals surface area contributed by atoms with Gasteiger partial charge in [0.15, 0.2) is 0 Å². The normalized spacial score (nSPS) is 11.3. The number of carboxylic acid groups (broad SMARTS) is 1. The molecule has 0 aliphatic heterocycles. The fourth-order valence-corrected chi connectivity index (χ4v) is 3.14. The minimum Gasteiger partial charge on any atom is -0.464 e. The second-order valence-corrected chi connectivity index (χ2v) is 6.70. The Balaban J connectivity index is 2.09. The molecule has 0 atom stereocenters. The fourth-order valence-electron chi connectivity index (χ4n) is 2.96. The largest absolute Gasteiger partial charge is 0.464 e. The number of benzene rings is 2. The van der Waals surface area contributed by atoms with Crippen LogP contribution in [0.4, 0.5) is 10.5 Å². The number of aromatic nitrogens is 1. The first-order valence-electron chi connectivity index (χ1n) is 8.24. The van der Waals surface area contributed by atoms with Crippen LogP contribution in [0.3, 0.4) is 0 Å². The summed E-state index contributed by atoms with van der Waals surface area (Å²) in [6.45, 7) is 5.31. The van der Waals surface area contributed by atoms with Crippen LogP contribution < -0.4 is 5.01 Å². The Morgan fingerprint density at radius 1 is 1.19 bits per heavy atom. The summed E-state index contributed by atoms with van der Waals surface area (Å²) in [7, 11) is 0. The SMILES string of the molecule is CC(=O)N(/N=C/c1cn(C(=O)O)c2ccc(Cl)cc12)c1ccc(C)cc1C. The molecular weight excluding hydrogens is 366 g/mol. The van der Waals surface area contributed by atoms with Gasteiger partial charge in [0.1, 0.15) is 0 Å². The lowest BCUT2D eigenvalue weighted by Crippen LogP contribution is -2.23.